The summed E-state index contributed by atoms with van der Waals surface area (Å²) in [6.45, 7) is 1.65. The van der Waals surface area contributed by atoms with Gasteiger partial charge in [-0.1, -0.05) is 6.07 Å². The first-order valence-corrected chi connectivity index (χ1v) is 8.85. The first-order chi connectivity index (χ1) is 12.6. The van der Waals surface area contributed by atoms with Crippen LogP contribution in [0.2, 0.25) is 0 Å². The number of hydrogen-bond acceptors (Lipinski definition) is 4. The highest BCUT2D eigenvalue weighted by atomic mass is 16.5. The van der Waals surface area contributed by atoms with E-state index in [4.69, 9.17) is 9.84 Å². The maximum Gasteiger partial charge on any atom is 0.306 e. The zero-order chi connectivity index (χ0) is 18.1. The molecule has 0 aliphatic carbocycles. The van der Waals surface area contributed by atoms with Crippen LogP contribution in [0.15, 0.2) is 36.7 Å². The maximum atomic E-state index is 12.8. The molecule has 1 N–H and O–H groups in total. The number of rotatable bonds is 3. The van der Waals surface area contributed by atoms with Crippen molar-refractivity contribution in [2.45, 2.75) is 19.3 Å². The van der Waals surface area contributed by atoms with Crippen LogP contribution in [0.3, 0.4) is 0 Å². The van der Waals surface area contributed by atoms with Gasteiger partial charge in [0.25, 0.3) is 5.91 Å². The molecule has 134 valence electrons. The van der Waals surface area contributed by atoms with Crippen LogP contribution in [-0.2, 0) is 11.2 Å². The van der Waals surface area contributed by atoms with Crippen molar-refractivity contribution in [3.63, 3.8) is 0 Å². The van der Waals surface area contributed by atoms with Crippen molar-refractivity contribution in [1.29, 1.82) is 0 Å². The smallest absolute Gasteiger partial charge is 0.306 e. The molecule has 0 spiro atoms. The molecular formula is C20H20N2O4. The quantitative estimate of drug-likeness (QED) is 0.918. The Morgan fingerprint density at radius 2 is 1.92 bits per heavy atom. The van der Waals surface area contributed by atoms with Crippen LogP contribution in [0.5, 0.6) is 5.75 Å². The molecule has 1 amide bonds. The van der Waals surface area contributed by atoms with E-state index in [1.54, 1.807) is 17.3 Å². The molecule has 6 heteroatoms. The number of aromatic nitrogens is 1. The molecule has 26 heavy (non-hydrogen) atoms. The monoisotopic (exact) mass is 352 g/mol. The Kier molecular flexibility index (Phi) is 4.32. The number of carbonyl (C=O) groups is 2. The summed E-state index contributed by atoms with van der Waals surface area (Å²) in [5.74, 6) is -0.290. The minimum Gasteiger partial charge on any atom is -0.493 e. The van der Waals surface area contributed by atoms with E-state index in [2.05, 4.69) is 11.1 Å². The van der Waals surface area contributed by atoms with Gasteiger partial charge in [-0.05, 0) is 42.2 Å². The highest BCUT2D eigenvalue weighted by Gasteiger charge is 2.27. The lowest BCUT2D eigenvalue weighted by atomic mass is 9.96. The average Bonchev–Trinajstić information content (AvgIpc) is 3.15. The Bertz CT molecular complexity index is 857. The van der Waals surface area contributed by atoms with Crippen LogP contribution in [0.1, 0.15) is 28.8 Å². The molecule has 0 unspecified atom stereocenters. The zero-order valence-electron chi connectivity index (χ0n) is 14.4. The van der Waals surface area contributed by atoms with Gasteiger partial charge in [-0.2, -0.15) is 0 Å². The lowest BCUT2D eigenvalue weighted by Gasteiger charge is -2.30. The predicted molar refractivity (Wildman–Crippen MR) is 95.1 cm³/mol. The highest BCUT2D eigenvalue weighted by molar-refractivity contribution is 5.95. The first kappa shape index (κ1) is 16.6. The molecule has 1 aromatic carbocycles. The summed E-state index contributed by atoms with van der Waals surface area (Å²) in [4.78, 5) is 29.8. The van der Waals surface area contributed by atoms with Crippen molar-refractivity contribution in [3.05, 3.63) is 47.8 Å². The van der Waals surface area contributed by atoms with E-state index in [-0.39, 0.29) is 11.8 Å². The van der Waals surface area contributed by atoms with Gasteiger partial charge < -0.3 is 14.7 Å². The number of hydrogen-bond donors (Lipinski definition) is 1. The van der Waals surface area contributed by atoms with Crippen molar-refractivity contribution in [1.82, 2.24) is 9.88 Å². The lowest BCUT2D eigenvalue weighted by Crippen LogP contribution is -2.40. The number of pyridine rings is 1. The number of nitrogens with zero attached hydrogens (tertiary/aromatic N) is 2. The number of amides is 1. The topological polar surface area (TPSA) is 79.7 Å². The second-order valence-corrected chi connectivity index (χ2v) is 6.79. The number of piperidine rings is 1. The number of benzene rings is 1. The molecule has 0 atom stereocenters. The molecule has 2 aliphatic heterocycles. The second kappa shape index (κ2) is 6.78. The number of carboxylic acids is 1. The molecule has 3 heterocycles. The Morgan fingerprint density at radius 1 is 1.12 bits per heavy atom. The van der Waals surface area contributed by atoms with Crippen LogP contribution in [0, 0.1) is 5.92 Å². The molecule has 1 aromatic heterocycles. The van der Waals surface area contributed by atoms with Crippen LogP contribution in [-0.4, -0.2) is 46.6 Å². The molecule has 0 radical (unpaired) electrons. The second-order valence-electron chi connectivity index (χ2n) is 6.79. The molecule has 2 aliphatic rings. The molecule has 0 bridgehead atoms. The molecule has 1 fully saturated rings. The van der Waals surface area contributed by atoms with E-state index in [9.17, 15) is 9.59 Å². The van der Waals surface area contributed by atoms with Crippen molar-refractivity contribution in [2.24, 2.45) is 5.92 Å². The van der Waals surface area contributed by atoms with E-state index >= 15 is 0 Å². The van der Waals surface area contributed by atoms with E-state index < -0.39 is 5.97 Å². The summed E-state index contributed by atoms with van der Waals surface area (Å²) in [5, 5.41) is 9.09. The number of likely N-dealkylation sites (tertiary alicyclic amines) is 1. The first-order valence-electron chi connectivity index (χ1n) is 8.85. The third-order valence-electron chi connectivity index (χ3n) is 5.14. The number of ether oxygens (including phenoxy) is 1. The normalized spacial score (nSPS) is 16.8. The number of carboxylic acid groups (broad SMARTS) is 1. The van der Waals surface area contributed by atoms with Crippen molar-refractivity contribution < 1.29 is 19.4 Å². The van der Waals surface area contributed by atoms with Crippen molar-refractivity contribution >= 4 is 11.9 Å². The van der Waals surface area contributed by atoms with E-state index in [1.165, 1.54) is 5.56 Å². The van der Waals surface area contributed by atoms with Crippen molar-refractivity contribution in [3.8, 4) is 16.9 Å². The highest BCUT2D eigenvalue weighted by Crippen LogP contribution is 2.30. The number of carbonyl (C=O) groups excluding carboxylic acids is 1. The summed E-state index contributed by atoms with van der Waals surface area (Å²) in [6, 6.07) is 7.89. The minimum atomic E-state index is -0.777. The van der Waals surface area contributed by atoms with E-state index in [1.807, 2.05) is 18.2 Å². The van der Waals surface area contributed by atoms with Gasteiger partial charge in [-0.15, -0.1) is 0 Å². The molecular weight excluding hydrogens is 332 g/mol. The van der Waals surface area contributed by atoms with Crippen LogP contribution in [0.4, 0.5) is 0 Å². The lowest BCUT2D eigenvalue weighted by molar-refractivity contribution is -0.143. The fraction of sp³-hybridized carbons (Fsp3) is 0.350. The summed E-state index contributed by atoms with van der Waals surface area (Å²) < 4.78 is 5.54. The van der Waals surface area contributed by atoms with Gasteiger partial charge in [0, 0.05) is 37.5 Å². The third kappa shape index (κ3) is 3.14. The van der Waals surface area contributed by atoms with Crippen LogP contribution >= 0.6 is 0 Å². The largest absolute Gasteiger partial charge is 0.493 e. The molecule has 4 rings (SSSR count). The third-order valence-corrected chi connectivity index (χ3v) is 5.14. The Hall–Kier alpha value is -2.89. The molecule has 6 nitrogen and oxygen atoms in total. The zero-order valence-corrected chi connectivity index (χ0v) is 14.4. The molecule has 0 saturated carbocycles. The number of fused-ring (bicyclic) bond motifs is 1. The standard InChI is InChI=1S/C20H20N2O4/c23-19(22-6-3-13(4-7-22)20(24)25)17-10-16(11-21-12-17)14-1-2-18-15(9-14)5-8-26-18/h1-2,9-13H,3-8H2,(H,24,25). The van der Waals surface area contributed by atoms with Gasteiger partial charge in [0.1, 0.15) is 5.75 Å². The van der Waals surface area contributed by atoms with Gasteiger partial charge in [0.05, 0.1) is 18.1 Å². The van der Waals surface area contributed by atoms with E-state index in [0.717, 1.165) is 23.3 Å². The Morgan fingerprint density at radius 3 is 2.69 bits per heavy atom. The fourth-order valence-corrected chi connectivity index (χ4v) is 3.59. The predicted octanol–water partition coefficient (Wildman–Crippen LogP) is 2.62. The summed E-state index contributed by atoms with van der Waals surface area (Å²) >= 11 is 0. The molecule has 2 aromatic rings. The Labute approximate surface area is 151 Å². The van der Waals surface area contributed by atoms with Gasteiger partial charge in [-0.25, -0.2) is 0 Å². The van der Waals surface area contributed by atoms with Crippen molar-refractivity contribution in [2.75, 3.05) is 19.7 Å². The minimum absolute atomic E-state index is 0.0901. The SMILES string of the molecule is O=C(O)C1CCN(C(=O)c2cncc(-c3ccc4c(c3)CCO4)c2)CC1. The molecule has 1 saturated heterocycles. The summed E-state index contributed by atoms with van der Waals surface area (Å²) in [7, 11) is 0. The van der Waals surface area contributed by atoms with Crippen LogP contribution < -0.4 is 4.74 Å². The van der Waals surface area contributed by atoms with Gasteiger partial charge in [0.15, 0.2) is 0 Å². The average molecular weight is 352 g/mol. The van der Waals surface area contributed by atoms with Gasteiger partial charge >= 0.3 is 5.97 Å². The fourth-order valence-electron chi connectivity index (χ4n) is 3.59. The van der Waals surface area contributed by atoms with Gasteiger partial charge in [-0.3, -0.25) is 14.6 Å². The maximum absolute atomic E-state index is 12.8. The number of aliphatic carboxylic acids is 1. The summed E-state index contributed by atoms with van der Waals surface area (Å²) in [5.41, 5.74) is 3.62. The summed E-state index contributed by atoms with van der Waals surface area (Å²) in [6.07, 6.45) is 5.22. The Balaban J connectivity index is 1.52. The van der Waals surface area contributed by atoms with Gasteiger partial charge in [0.2, 0.25) is 0 Å². The van der Waals surface area contributed by atoms with Crippen LogP contribution in [0.25, 0.3) is 11.1 Å². The van der Waals surface area contributed by atoms with E-state index in [0.29, 0.717) is 38.1 Å².